The fraction of sp³-hybridized carbons (Fsp3) is 1.00. The summed E-state index contributed by atoms with van der Waals surface area (Å²) in [7, 11) is -0.683. The first-order chi connectivity index (χ1) is 5.63. The van der Waals surface area contributed by atoms with Crippen LogP contribution in [-0.4, -0.2) is 42.0 Å². The van der Waals surface area contributed by atoms with E-state index in [9.17, 15) is 4.21 Å². The fourth-order valence-electron chi connectivity index (χ4n) is 0.708. The predicted octanol–water partition coefficient (Wildman–Crippen LogP) is 0.379. The van der Waals surface area contributed by atoms with Crippen LogP contribution in [0.3, 0.4) is 0 Å². The van der Waals surface area contributed by atoms with E-state index in [4.69, 9.17) is 4.74 Å². The lowest BCUT2D eigenvalue weighted by Gasteiger charge is -2.07. The molecule has 0 aliphatic carbocycles. The molecule has 0 aliphatic heterocycles. The topological polar surface area (TPSA) is 38.3 Å². The second-order valence-electron chi connectivity index (χ2n) is 2.95. The Hall–Kier alpha value is 0.0700. The molecule has 0 saturated heterocycles. The average molecular weight is 193 g/mol. The van der Waals surface area contributed by atoms with Crippen molar-refractivity contribution in [3.63, 3.8) is 0 Å². The molecule has 0 amide bonds. The van der Waals surface area contributed by atoms with Gasteiger partial charge in [-0.1, -0.05) is 0 Å². The molecular weight excluding hydrogens is 174 g/mol. The van der Waals surface area contributed by atoms with Crippen LogP contribution in [-0.2, 0) is 15.5 Å². The molecule has 3 nitrogen and oxygen atoms in total. The van der Waals surface area contributed by atoms with E-state index in [0.717, 1.165) is 25.4 Å². The Morgan fingerprint density at radius 2 is 2.08 bits per heavy atom. The zero-order chi connectivity index (χ0) is 9.40. The van der Waals surface area contributed by atoms with Gasteiger partial charge in [-0.05, 0) is 13.8 Å². The molecule has 0 aromatic carbocycles. The lowest BCUT2D eigenvalue weighted by Crippen LogP contribution is -2.25. The molecule has 1 N–H and O–H groups in total. The van der Waals surface area contributed by atoms with Gasteiger partial charge in [0.15, 0.2) is 0 Å². The van der Waals surface area contributed by atoms with E-state index >= 15 is 0 Å². The summed E-state index contributed by atoms with van der Waals surface area (Å²) < 4.78 is 15.9. The number of ether oxygens (including phenoxy) is 1. The minimum absolute atomic E-state index is 0.298. The molecule has 1 atom stereocenters. The molecule has 0 heterocycles. The average Bonchev–Trinajstić information content (AvgIpc) is 1.95. The second kappa shape index (κ2) is 7.71. The molecular formula is C8H19NO2S. The van der Waals surface area contributed by atoms with Crippen molar-refractivity contribution in [2.24, 2.45) is 0 Å². The number of nitrogens with one attached hydrogen (secondary N) is 1. The first kappa shape index (κ1) is 12.1. The van der Waals surface area contributed by atoms with E-state index in [-0.39, 0.29) is 0 Å². The third kappa shape index (κ3) is 10.1. The van der Waals surface area contributed by atoms with Crippen LogP contribution in [0.5, 0.6) is 0 Å². The molecule has 74 valence electrons. The summed E-state index contributed by atoms with van der Waals surface area (Å²) in [6, 6.07) is 0. The number of hydrogen-bond donors (Lipinski definition) is 1. The second-order valence-corrected chi connectivity index (χ2v) is 4.50. The minimum Gasteiger partial charge on any atom is -0.377 e. The van der Waals surface area contributed by atoms with E-state index in [2.05, 4.69) is 5.32 Å². The Morgan fingerprint density at radius 3 is 2.58 bits per heavy atom. The lowest BCUT2D eigenvalue weighted by atomic mass is 10.5. The highest BCUT2D eigenvalue weighted by Gasteiger charge is 1.93. The fourth-order valence-corrected chi connectivity index (χ4v) is 1.14. The molecule has 0 aliphatic rings. The molecule has 0 aromatic rings. The van der Waals surface area contributed by atoms with E-state index < -0.39 is 10.8 Å². The highest BCUT2D eigenvalue weighted by Crippen LogP contribution is 1.84. The Morgan fingerprint density at radius 1 is 1.42 bits per heavy atom. The van der Waals surface area contributed by atoms with Gasteiger partial charge in [-0.15, -0.1) is 0 Å². The van der Waals surface area contributed by atoms with E-state index in [0.29, 0.717) is 6.10 Å². The van der Waals surface area contributed by atoms with Gasteiger partial charge in [-0.25, -0.2) is 0 Å². The standard InChI is InChI=1S/C8H19NO2S/c1-8(2)11-6-4-9-5-7-12(3)10/h8-9H,4-7H2,1-3H3. The van der Waals surface area contributed by atoms with Crippen LogP contribution in [0.1, 0.15) is 13.8 Å². The van der Waals surface area contributed by atoms with Gasteiger partial charge < -0.3 is 10.1 Å². The van der Waals surface area contributed by atoms with Crippen LogP contribution in [0.25, 0.3) is 0 Å². The van der Waals surface area contributed by atoms with Gasteiger partial charge in [0, 0.05) is 35.9 Å². The monoisotopic (exact) mass is 193 g/mol. The third-order valence-corrected chi connectivity index (χ3v) is 2.08. The molecule has 0 radical (unpaired) electrons. The van der Waals surface area contributed by atoms with Crippen molar-refractivity contribution in [1.29, 1.82) is 0 Å². The van der Waals surface area contributed by atoms with E-state index in [1.165, 1.54) is 0 Å². The predicted molar refractivity (Wildman–Crippen MR) is 52.9 cm³/mol. The summed E-state index contributed by atoms with van der Waals surface area (Å²) in [6.45, 7) is 6.41. The Balaban J connectivity index is 2.96. The maximum atomic E-state index is 10.6. The summed E-state index contributed by atoms with van der Waals surface area (Å²) in [6.07, 6.45) is 2.01. The SMILES string of the molecule is CC(C)OCCNCCS(C)=O. The zero-order valence-corrected chi connectivity index (χ0v) is 8.95. The maximum absolute atomic E-state index is 10.6. The highest BCUT2D eigenvalue weighted by atomic mass is 32.2. The smallest absolute Gasteiger partial charge is 0.0594 e. The number of hydrogen-bond acceptors (Lipinski definition) is 3. The van der Waals surface area contributed by atoms with Crippen molar-refractivity contribution in [2.75, 3.05) is 31.7 Å². The minimum atomic E-state index is -0.683. The molecule has 0 bridgehead atoms. The van der Waals surface area contributed by atoms with Crippen LogP contribution < -0.4 is 5.32 Å². The van der Waals surface area contributed by atoms with Gasteiger partial charge in [0.2, 0.25) is 0 Å². The molecule has 0 fully saturated rings. The Kier molecular flexibility index (Phi) is 7.75. The summed E-state index contributed by atoms with van der Waals surface area (Å²) in [4.78, 5) is 0. The van der Waals surface area contributed by atoms with Crippen molar-refractivity contribution in [2.45, 2.75) is 20.0 Å². The molecule has 12 heavy (non-hydrogen) atoms. The van der Waals surface area contributed by atoms with Crippen molar-refractivity contribution >= 4 is 10.8 Å². The summed E-state index contributed by atoms with van der Waals surface area (Å²) in [5.74, 6) is 0.724. The van der Waals surface area contributed by atoms with Gasteiger partial charge in [-0.3, -0.25) is 4.21 Å². The number of rotatable bonds is 7. The van der Waals surface area contributed by atoms with Gasteiger partial charge in [-0.2, -0.15) is 0 Å². The largest absolute Gasteiger partial charge is 0.377 e. The molecule has 0 aromatic heterocycles. The van der Waals surface area contributed by atoms with Crippen LogP contribution in [0.2, 0.25) is 0 Å². The van der Waals surface area contributed by atoms with Crippen LogP contribution in [0.4, 0.5) is 0 Å². The molecule has 1 unspecified atom stereocenters. The maximum Gasteiger partial charge on any atom is 0.0594 e. The van der Waals surface area contributed by atoms with Crippen molar-refractivity contribution < 1.29 is 8.95 Å². The van der Waals surface area contributed by atoms with Crippen LogP contribution in [0.15, 0.2) is 0 Å². The normalized spacial score (nSPS) is 13.7. The van der Waals surface area contributed by atoms with E-state index in [1.807, 2.05) is 13.8 Å². The first-order valence-corrected chi connectivity index (χ1v) is 5.98. The van der Waals surface area contributed by atoms with Crippen LogP contribution in [0, 0.1) is 0 Å². The van der Waals surface area contributed by atoms with Crippen molar-refractivity contribution in [3.05, 3.63) is 0 Å². The Bertz CT molecular complexity index is 128. The Labute approximate surface area is 77.3 Å². The molecule has 0 saturated carbocycles. The van der Waals surface area contributed by atoms with Gasteiger partial charge >= 0.3 is 0 Å². The van der Waals surface area contributed by atoms with Crippen LogP contribution >= 0.6 is 0 Å². The molecule has 4 heteroatoms. The van der Waals surface area contributed by atoms with E-state index in [1.54, 1.807) is 6.26 Å². The summed E-state index contributed by atoms with van der Waals surface area (Å²) in [5, 5.41) is 3.15. The first-order valence-electron chi connectivity index (χ1n) is 4.25. The zero-order valence-electron chi connectivity index (χ0n) is 8.13. The van der Waals surface area contributed by atoms with Gasteiger partial charge in [0.05, 0.1) is 12.7 Å². The van der Waals surface area contributed by atoms with Gasteiger partial charge in [0.1, 0.15) is 0 Å². The molecule has 0 spiro atoms. The third-order valence-electron chi connectivity index (χ3n) is 1.30. The summed E-state index contributed by atoms with van der Waals surface area (Å²) in [5.41, 5.74) is 0. The van der Waals surface area contributed by atoms with Crippen molar-refractivity contribution in [3.8, 4) is 0 Å². The quantitative estimate of drug-likeness (QED) is 0.594. The lowest BCUT2D eigenvalue weighted by molar-refractivity contribution is 0.0811. The highest BCUT2D eigenvalue weighted by molar-refractivity contribution is 7.84. The molecule has 0 rings (SSSR count). The van der Waals surface area contributed by atoms with Crippen molar-refractivity contribution in [1.82, 2.24) is 5.32 Å². The summed E-state index contributed by atoms with van der Waals surface area (Å²) >= 11 is 0. The van der Waals surface area contributed by atoms with Gasteiger partial charge in [0.25, 0.3) is 0 Å².